The average Bonchev–Trinajstić information content (AvgIpc) is 3.54. The van der Waals surface area contributed by atoms with Crippen molar-refractivity contribution in [2.75, 3.05) is 11.9 Å². The number of ether oxygens (including phenoxy) is 1. The number of para-hydroxylation sites is 2. The van der Waals surface area contributed by atoms with Gasteiger partial charge in [0.05, 0.1) is 17.6 Å². The van der Waals surface area contributed by atoms with Crippen molar-refractivity contribution in [2.45, 2.75) is 38.8 Å². The second kappa shape index (κ2) is 9.80. The van der Waals surface area contributed by atoms with Crippen molar-refractivity contribution in [1.82, 2.24) is 9.55 Å². The number of carbonyl (C=O) groups excluding carboxylic acids is 1. The number of aryl methyl sites for hydroxylation is 1. The molecule has 37 heavy (non-hydrogen) atoms. The smallest absolute Gasteiger partial charge is 0.390 e. The number of rotatable bonds is 9. The molecule has 1 aromatic heterocycles. The number of hydrogen-bond donors (Lipinski definition) is 2. The van der Waals surface area contributed by atoms with Crippen LogP contribution in [0.2, 0.25) is 0 Å². The Labute approximate surface area is 211 Å². The van der Waals surface area contributed by atoms with Crippen molar-refractivity contribution < 1.29 is 27.8 Å². The van der Waals surface area contributed by atoms with E-state index in [9.17, 15) is 23.1 Å². The average molecular weight is 510 g/mol. The maximum absolute atomic E-state index is 12.8. The van der Waals surface area contributed by atoms with Gasteiger partial charge in [0.15, 0.2) is 17.3 Å². The Morgan fingerprint density at radius 3 is 2.65 bits per heavy atom. The van der Waals surface area contributed by atoms with Gasteiger partial charge in [0.1, 0.15) is 17.6 Å². The maximum Gasteiger partial charge on any atom is 0.390 e. The molecule has 6 nitrogen and oxygen atoms in total. The molecule has 0 spiro atoms. The van der Waals surface area contributed by atoms with Gasteiger partial charge in [-0.15, -0.1) is 0 Å². The molecule has 1 heterocycles. The van der Waals surface area contributed by atoms with Gasteiger partial charge in [-0.2, -0.15) is 13.2 Å². The van der Waals surface area contributed by atoms with Crippen LogP contribution in [0.5, 0.6) is 17.2 Å². The Hall–Kier alpha value is -4.01. The van der Waals surface area contributed by atoms with Crippen LogP contribution in [0, 0.1) is 12.8 Å². The first kappa shape index (κ1) is 24.7. The van der Waals surface area contributed by atoms with Gasteiger partial charge in [-0.05, 0) is 61.6 Å². The van der Waals surface area contributed by atoms with Crippen molar-refractivity contribution in [1.29, 1.82) is 0 Å². The zero-order valence-electron chi connectivity index (χ0n) is 20.2. The second-order valence-electron chi connectivity index (χ2n) is 9.38. The highest BCUT2D eigenvalue weighted by molar-refractivity contribution is 5.98. The predicted octanol–water partition coefficient (Wildman–Crippen LogP) is 7.18. The maximum atomic E-state index is 12.8. The molecule has 192 valence electrons. The Kier molecular flexibility index (Phi) is 6.54. The number of aromatic nitrogens is 2. The number of alkyl halides is 3. The van der Waals surface area contributed by atoms with E-state index in [2.05, 4.69) is 10.3 Å². The Morgan fingerprint density at radius 1 is 1.16 bits per heavy atom. The second-order valence-corrected chi connectivity index (χ2v) is 9.38. The molecule has 0 radical (unpaired) electrons. The molecule has 1 aliphatic carbocycles. The summed E-state index contributed by atoms with van der Waals surface area (Å²) in [5.41, 5.74) is 3.73. The fourth-order valence-electron chi connectivity index (χ4n) is 4.30. The van der Waals surface area contributed by atoms with Crippen LogP contribution in [0.25, 0.3) is 16.7 Å². The molecule has 0 atom stereocenters. The van der Waals surface area contributed by atoms with Gasteiger partial charge in [-0.1, -0.05) is 12.1 Å². The highest BCUT2D eigenvalue weighted by Crippen LogP contribution is 2.37. The van der Waals surface area contributed by atoms with E-state index < -0.39 is 12.6 Å². The fourth-order valence-corrected chi connectivity index (χ4v) is 4.30. The minimum Gasteiger partial charge on any atom is -0.504 e. The van der Waals surface area contributed by atoms with E-state index in [1.165, 1.54) is 6.07 Å². The van der Waals surface area contributed by atoms with Crippen molar-refractivity contribution in [3.8, 4) is 22.9 Å². The van der Waals surface area contributed by atoms with E-state index in [1.807, 2.05) is 25.1 Å². The molecule has 1 saturated carbocycles. The summed E-state index contributed by atoms with van der Waals surface area (Å²) in [5.74, 6) is 1.10. The van der Waals surface area contributed by atoms with Gasteiger partial charge in [-0.25, -0.2) is 4.98 Å². The predicted molar refractivity (Wildman–Crippen MR) is 135 cm³/mol. The van der Waals surface area contributed by atoms with E-state index in [0.29, 0.717) is 40.4 Å². The lowest BCUT2D eigenvalue weighted by atomic mass is 10.0. The summed E-state index contributed by atoms with van der Waals surface area (Å²) in [6.45, 7) is 1.56. The van der Waals surface area contributed by atoms with Crippen molar-refractivity contribution in [2.24, 2.45) is 5.92 Å². The zero-order chi connectivity index (χ0) is 26.2. The molecule has 0 bridgehead atoms. The third-order valence-electron chi connectivity index (χ3n) is 6.40. The molecule has 0 aliphatic heterocycles. The largest absolute Gasteiger partial charge is 0.504 e. The van der Waals surface area contributed by atoms with E-state index in [-0.39, 0.29) is 23.8 Å². The van der Waals surface area contributed by atoms with E-state index >= 15 is 0 Å². The Bertz CT molecular complexity index is 1460. The normalized spacial score (nSPS) is 13.6. The summed E-state index contributed by atoms with van der Waals surface area (Å²) >= 11 is 0. The number of nitrogens with one attached hydrogen (secondary N) is 1. The molecular weight excluding hydrogens is 483 g/mol. The van der Waals surface area contributed by atoms with Crippen LogP contribution in [0.4, 0.5) is 18.9 Å². The van der Waals surface area contributed by atoms with E-state index in [0.717, 1.165) is 24.1 Å². The molecule has 9 heteroatoms. The molecule has 1 fully saturated rings. The van der Waals surface area contributed by atoms with Gasteiger partial charge in [0.25, 0.3) is 0 Å². The lowest BCUT2D eigenvalue weighted by molar-refractivity contribution is -0.131. The fraction of sp³-hybridized carbons (Fsp3) is 0.286. The molecule has 1 aliphatic rings. The van der Waals surface area contributed by atoms with Crippen molar-refractivity contribution in [3.63, 3.8) is 0 Å². The lowest BCUT2D eigenvalue weighted by Gasteiger charge is -2.14. The number of halogens is 3. The van der Waals surface area contributed by atoms with Crippen LogP contribution in [-0.4, -0.2) is 33.2 Å². The number of nitrogens with zero attached hydrogens (tertiary/aromatic N) is 2. The molecule has 0 amide bonds. The van der Waals surface area contributed by atoms with E-state index in [1.54, 1.807) is 41.2 Å². The Balaban J connectivity index is 1.52. The number of phenols is 1. The first-order valence-electron chi connectivity index (χ1n) is 12.1. The summed E-state index contributed by atoms with van der Waals surface area (Å²) < 4.78 is 46.0. The highest BCUT2D eigenvalue weighted by atomic mass is 19.4. The number of imidazole rings is 1. The van der Waals surface area contributed by atoms with Crippen molar-refractivity contribution in [3.05, 3.63) is 72.1 Å². The monoisotopic (exact) mass is 509 g/mol. The van der Waals surface area contributed by atoms with Crippen LogP contribution in [0.15, 0.2) is 60.9 Å². The summed E-state index contributed by atoms with van der Waals surface area (Å²) in [6, 6.07) is 15.3. The SMILES string of the molecule is Cc1cc(-n2cnc3c(NCCC(F)(F)F)cc(Oc4ccccc4O)cc32)ccc1C(=O)CC1CC1. The standard InChI is InChI=1S/C28H26F3N3O3/c1-17-12-19(8-9-21(17)25(36)13-18-6-7-18)34-16-33-27-22(32-11-10-28(29,30)31)14-20(15-23(27)34)37-26-5-3-2-4-24(26)35/h2-5,8-9,12,14-16,18,32,35H,6-7,10-11,13H2,1H3. The number of fused-ring (bicyclic) bond motifs is 1. The van der Waals surface area contributed by atoms with Gasteiger partial charge >= 0.3 is 6.18 Å². The van der Waals surface area contributed by atoms with Gasteiger partial charge < -0.3 is 15.2 Å². The van der Waals surface area contributed by atoms with Gasteiger partial charge in [-0.3, -0.25) is 9.36 Å². The van der Waals surface area contributed by atoms with Crippen LogP contribution < -0.4 is 10.1 Å². The van der Waals surface area contributed by atoms with Crippen LogP contribution in [0.1, 0.15) is 41.6 Å². The number of benzene rings is 3. The first-order chi connectivity index (χ1) is 17.7. The van der Waals surface area contributed by atoms with Crippen LogP contribution in [-0.2, 0) is 0 Å². The molecular formula is C28H26F3N3O3. The Morgan fingerprint density at radius 2 is 1.95 bits per heavy atom. The molecule has 3 aromatic carbocycles. The van der Waals surface area contributed by atoms with E-state index in [4.69, 9.17) is 4.74 Å². The van der Waals surface area contributed by atoms with Crippen LogP contribution in [0.3, 0.4) is 0 Å². The zero-order valence-corrected chi connectivity index (χ0v) is 20.2. The minimum atomic E-state index is -4.30. The third-order valence-corrected chi connectivity index (χ3v) is 6.40. The summed E-state index contributed by atoms with van der Waals surface area (Å²) in [6.07, 6.45) is -0.943. The van der Waals surface area contributed by atoms with Crippen molar-refractivity contribution >= 4 is 22.5 Å². The number of ketones is 1. The first-order valence-corrected chi connectivity index (χ1v) is 12.1. The topological polar surface area (TPSA) is 76.4 Å². The molecule has 2 N–H and O–H groups in total. The van der Waals surface area contributed by atoms with Gasteiger partial charge in [0, 0.05) is 36.3 Å². The van der Waals surface area contributed by atoms with Gasteiger partial charge in [0.2, 0.25) is 0 Å². The summed E-state index contributed by atoms with van der Waals surface area (Å²) in [5, 5.41) is 13.0. The summed E-state index contributed by atoms with van der Waals surface area (Å²) in [7, 11) is 0. The molecule has 5 rings (SSSR count). The molecule has 0 saturated heterocycles. The molecule has 0 unspecified atom stereocenters. The highest BCUT2D eigenvalue weighted by Gasteiger charge is 2.27. The number of Topliss-reactive ketones (excluding diaryl/α,β-unsaturated/α-hetero) is 1. The number of carbonyl (C=O) groups is 1. The minimum absolute atomic E-state index is 0.0650. The number of hydrogen-bond acceptors (Lipinski definition) is 5. The third kappa shape index (κ3) is 5.71. The number of aromatic hydroxyl groups is 1. The number of anilines is 1. The summed E-state index contributed by atoms with van der Waals surface area (Å²) in [4.78, 5) is 17.1. The molecule has 4 aromatic rings. The number of phenolic OH excluding ortho intramolecular Hbond substituents is 1. The lowest BCUT2D eigenvalue weighted by Crippen LogP contribution is -2.14. The van der Waals surface area contributed by atoms with Crippen LogP contribution >= 0.6 is 0 Å². The quantitative estimate of drug-likeness (QED) is 0.234.